The van der Waals surface area contributed by atoms with Crippen molar-refractivity contribution >= 4 is 46.3 Å². The van der Waals surface area contributed by atoms with Crippen molar-refractivity contribution in [3.8, 4) is 0 Å². The number of rotatable bonds is 12. The Labute approximate surface area is 309 Å². The Morgan fingerprint density at radius 2 is 1.09 bits per heavy atom. The molecule has 266 valence electrons. The third kappa shape index (κ3) is 8.57. The van der Waals surface area contributed by atoms with Gasteiger partial charge in [0.2, 0.25) is 0 Å². The molecule has 1 aliphatic carbocycles. The molecule has 0 aromatic heterocycles. The second-order valence-electron chi connectivity index (χ2n) is 11.8. The predicted octanol–water partition coefficient (Wildman–Crippen LogP) is 10.2. The Morgan fingerprint density at radius 3 is 1.60 bits per heavy atom. The van der Waals surface area contributed by atoms with Gasteiger partial charge in [-0.05, 0) is 60.9 Å². The minimum absolute atomic E-state index is 0.106. The quantitative estimate of drug-likeness (QED) is 0.0736. The number of nitrogens with one attached hydrogen (secondary N) is 2. The molecule has 8 nitrogen and oxygen atoms in total. The van der Waals surface area contributed by atoms with Gasteiger partial charge in [-0.3, -0.25) is 9.59 Å². The van der Waals surface area contributed by atoms with Crippen LogP contribution in [0.3, 0.4) is 0 Å². The summed E-state index contributed by atoms with van der Waals surface area (Å²) in [6.45, 7) is 10.2. The summed E-state index contributed by atoms with van der Waals surface area (Å²) in [4.78, 5) is 54.7. The van der Waals surface area contributed by atoms with E-state index in [1.165, 1.54) is 0 Å². The zero-order chi connectivity index (χ0) is 37.7. The molecule has 0 bridgehead atoms. The number of hydrogen-bond acceptors (Lipinski definition) is 8. The molecule has 0 atom stereocenters. The molecule has 0 saturated heterocycles. The molecule has 1 aliphatic rings. The van der Waals surface area contributed by atoms with E-state index in [0.717, 1.165) is 17.6 Å². The largest absolute Gasteiger partial charge is 0.458 e. The lowest BCUT2D eigenvalue weighted by Crippen LogP contribution is -2.23. The molecule has 2 N–H and O–H groups in total. The SMILES string of the molecule is C/C=C\C=C(/CC)COC(=O)c1ccccc1Nc1cccc2c1C(=O)c1cccc(Nc3ccccc3C(=O)OCc3ccccc3)c1C2=O.C=C. The lowest BCUT2D eigenvalue weighted by atomic mass is 9.82. The Balaban J connectivity index is 0.00000266. The van der Waals surface area contributed by atoms with Crippen molar-refractivity contribution in [3.63, 3.8) is 0 Å². The Kier molecular flexibility index (Phi) is 12.7. The molecule has 5 aromatic rings. The van der Waals surface area contributed by atoms with Crippen LogP contribution in [-0.4, -0.2) is 30.1 Å². The number of benzene rings is 5. The first-order valence-corrected chi connectivity index (χ1v) is 17.2. The summed E-state index contributed by atoms with van der Waals surface area (Å²) in [5.74, 6) is -1.77. The number of allylic oxidation sites excluding steroid dienone is 3. The summed E-state index contributed by atoms with van der Waals surface area (Å²) in [5, 5.41) is 6.45. The van der Waals surface area contributed by atoms with E-state index >= 15 is 0 Å². The van der Waals surface area contributed by atoms with Gasteiger partial charge in [0, 0.05) is 11.1 Å². The van der Waals surface area contributed by atoms with Gasteiger partial charge >= 0.3 is 11.9 Å². The van der Waals surface area contributed by atoms with Crippen molar-refractivity contribution in [2.75, 3.05) is 17.2 Å². The third-order valence-electron chi connectivity index (χ3n) is 8.48. The van der Waals surface area contributed by atoms with Crippen LogP contribution in [0.25, 0.3) is 0 Å². The van der Waals surface area contributed by atoms with Crippen molar-refractivity contribution < 1.29 is 28.7 Å². The minimum atomic E-state index is -0.532. The summed E-state index contributed by atoms with van der Waals surface area (Å²) in [6, 6.07) is 33.1. The van der Waals surface area contributed by atoms with Gasteiger partial charge in [0.05, 0.1) is 45.0 Å². The summed E-state index contributed by atoms with van der Waals surface area (Å²) in [5.41, 5.74) is 4.82. The van der Waals surface area contributed by atoms with E-state index in [0.29, 0.717) is 28.3 Å². The van der Waals surface area contributed by atoms with E-state index in [-0.39, 0.29) is 52.6 Å². The van der Waals surface area contributed by atoms with Gasteiger partial charge < -0.3 is 20.1 Å². The van der Waals surface area contributed by atoms with Crippen LogP contribution in [0.2, 0.25) is 0 Å². The minimum Gasteiger partial charge on any atom is -0.458 e. The third-order valence-corrected chi connectivity index (χ3v) is 8.48. The number of esters is 2. The van der Waals surface area contributed by atoms with Crippen molar-refractivity contribution in [2.24, 2.45) is 0 Å². The monoisotopic (exact) mass is 704 g/mol. The topological polar surface area (TPSA) is 111 Å². The highest BCUT2D eigenvalue weighted by Gasteiger charge is 2.34. The van der Waals surface area contributed by atoms with Crippen molar-refractivity contribution in [2.45, 2.75) is 26.9 Å². The molecule has 0 heterocycles. The predicted molar refractivity (Wildman–Crippen MR) is 209 cm³/mol. The highest BCUT2D eigenvalue weighted by Crippen LogP contribution is 2.38. The second kappa shape index (κ2) is 17.9. The number of fused-ring (bicyclic) bond motifs is 2. The summed E-state index contributed by atoms with van der Waals surface area (Å²) < 4.78 is 11.2. The van der Waals surface area contributed by atoms with Gasteiger partial charge in [0.15, 0.2) is 11.6 Å². The fourth-order valence-corrected chi connectivity index (χ4v) is 5.82. The smallest absolute Gasteiger partial charge is 0.340 e. The van der Waals surface area contributed by atoms with Gasteiger partial charge in [-0.2, -0.15) is 0 Å². The van der Waals surface area contributed by atoms with Crippen LogP contribution in [0.15, 0.2) is 152 Å². The van der Waals surface area contributed by atoms with Crippen LogP contribution in [0.1, 0.15) is 78.4 Å². The van der Waals surface area contributed by atoms with E-state index < -0.39 is 11.9 Å². The summed E-state index contributed by atoms with van der Waals surface area (Å²) >= 11 is 0. The standard InChI is InChI=1S/C43H36N2O6.C2H4/c1-3-5-15-28(4-2)26-50-42(48)30-18-9-11-22-34(30)44-36-24-13-20-32-38(36)40(46)33-21-14-25-37(39(33)41(32)47)45-35-23-12-10-19-31(35)43(49)51-27-29-16-7-6-8-17-29;1-2/h3,5-25,44-45H,4,26-27H2,1-2H3;1-2H2/b5-3-,28-15+;. The number of carbonyl (C=O) groups is 4. The van der Waals surface area contributed by atoms with E-state index in [4.69, 9.17) is 9.47 Å². The average molecular weight is 705 g/mol. The fraction of sp³-hybridized carbons (Fsp3) is 0.111. The van der Waals surface area contributed by atoms with E-state index in [9.17, 15) is 19.2 Å². The van der Waals surface area contributed by atoms with Gasteiger partial charge in [-0.1, -0.05) is 104 Å². The summed E-state index contributed by atoms with van der Waals surface area (Å²) in [6.07, 6.45) is 6.47. The molecule has 0 spiro atoms. The number of hydrogen-bond donors (Lipinski definition) is 2. The summed E-state index contributed by atoms with van der Waals surface area (Å²) in [7, 11) is 0. The average Bonchev–Trinajstić information content (AvgIpc) is 3.20. The van der Waals surface area contributed by atoms with Crippen molar-refractivity contribution in [1.82, 2.24) is 0 Å². The number of anilines is 4. The maximum atomic E-state index is 14.2. The Morgan fingerprint density at radius 1 is 0.623 bits per heavy atom. The molecule has 53 heavy (non-hydrogen) atoms. The maximum Gasteiger partial charge on any atom is 0.340 e. The maximum absolute atomic E-state index is 14.2. The van der Waals surface area contributed by atoms with Gasteiger partial charge in [0.25, 0.3) is 0 Å². The molecule has 0 aliphatic heterocycles. The molecular weight excluding hydrogens is 665 g/mol. The molecule has 5 aromatic carbocycles. The molecule has 8 heteroatoms. The van der Waals surface area contributed by atoms with Gasteiger partial charge in [-0.15, -0.1) is 13.2 Å². The lowest BCUT2D eigenvalue weighted by Gasteiger charge is -2.24. The second-order valence-corrected chi connectivity index (χ2v) is 11.8. The zero-order valence-electron chi connectivity index (χ0n) is 29.7. The number of ketones is 2. The van der Waals surface area contributed by atoms with Gasteiger partial charge in [-0.25, -0.2) is 9.59 Å². The zero-order valence-corrected chi connectivity index (χ0v) is 29.7. The molecule has 0 unspecified atom stereocenters. The van der Waals surface area contributed by atoms with Crippen LogP contribution in [0.5, 0.6) is 0 Å². The fourth-order valence-electron chi connectivity index (χ4n) is 5.82. The first-order valence-electron chi connectivity index (χ1n) is 17.2. The normalized spacial score (nSPS) is 11.8. The highest BCUT2D eigenvalue weighted by molar-refractivity contribution is 6.32. The van der Waals surface area contributed by atoms with Crippen LogP contribution in [0.4, 0.5) is 22.7 Å². The molecule has 0 radical (unpaired) electrons. The van der Waals surface area contributed by atoms with E-state index in [1.807, 2.05) is 62.4 Å². The van der Waals surface area contributed by atoms with Crippen molar-refractivity contribution in [1.29, 1.82) is 0 Å². The van der Waals surface area contributed by atoms with Crippen LogP contribution in [0, 0.1) is 0 Å². The van der Waals surface area contributed by atoms with Crippen LogP contribution < -0.4 is 10.6 Å². The molecule has 0 fully saturated rings. The first-order chi connectivity index (χ1) is 25.9. The van der Waals surface area contributed by atoms with E-state index in [2.05, 4.69) is 23.8 Å². The Hall–Kier alpha value is -6.80. The van der Waals surface area contributed by atoms with Crippen LogP contribution in [-0.2, 0) is 16.1 Å². The number of carbonyl (C=O) groups excluding carboxylic acids is 4. The lowest BCUT2D eigenvalue weighted by molar-refractivity contribution is 0.0472. The van der Waals surface area contributed by atoms with Crippen LogP contribution >= 0.6 is 0 Å². The molecular formula is C45H40N2O6. The molecule has 0 amide bonds. The highest BCUT2D eigenvalue weighted by atomic mass is 16.5. The van der Waals surface area contributed by atoms with Crippen molar-refractivity contribution in [3.05, 3.63) is 191 Å². The number of ether oxygens (including phenoxy) is 2. The van der Waals surface area contributed by atoms with Gasteiger partial charge in [0.1, 0.15) is 13.2 Å². The first kappa shape index (κ1) is 37.5. The Bertz CT molecular complexity index is 2200. The molecule has 6 rings (SSSR count). The van der Waals surface area contributed by atoms with E-state index in [1.54, 1.807) is 84.9 Å². The molecule has 0 saturated carbocycles. The number of para-hydroxylation sites is 2.